The minimum absolute atomic E-state index is 0.0231. The molecule has 1 amide bonds. The molecule has 0 unspecified atom stereocenters. The Morgan fingerprint density at radius 1 is 1.52 bits per heavy atom. The molecule has 0 aromatic carbocycles. The number of rotatable bonds is 7. The minimum atomic E-state index is -0.167. The lowest BCUT2D eigenvalue weighted by atomic mass is 10.1. The van der Waals surface area contributed by atoms with Gasteiger partial charge < -0.3 is 19.9 Å². The van der Waals surface area contributed by atoms with Gasteiger partial charge in [0.15, 0.2) is 0 Å². The molecule has 116 valence electrons. The van der Waals surface area contributed by atoms with Gasteiger partial charge in [0.05, 0.1) is 37.7 Å². The molecule has 2 rings (SSSR count). The van der Waals surface area contributed by atoms with E-state index in [-0.39, 0.29) is 31.3 Å². The molecular formula is C14H21N3O4. The summed E-state index contributed by atoms with van der Waals surface area (Å²) < 4.78 is 10.9. The number of carbonyl (C=O) groups is 1. The molecule has 0 saturated carbocycles. The van der Waals surface area contributed by atoms with E-state index in [0.717, 1.165) is 12.1 Å². The van der Waals surface area contributed by atoms with Crippen molar-refractivity contribution in [1.29, 1.82) is 0 Å². The molecule has 1 aliphatic heterocycles. The van der Waals surface area contributed by atoms with E-state index in [4.69, 9.17) is 14.6 Å². The highest BCUT2D eigenvalue weighted by molar-refractivity contribution is 5.76. The van der Waals surface area contributed by atoms with Crippen LogP contribution in [0.4, 0.5) is 0 Å². The van der Waals surface area contributed by atoms with E-state index in [0.29, 0.717) is 26.1 Å². The van der Waals surface area contributed by atoms with E-state index >= 15 is 0 Å². The number of aromatic nitrogens is 2. The van der Waals surface area contributed by atoms with Crippen LogP contribution in [0.25, 0.3) is 0 Å². The maximum Gasteiger partial charge on any atom is 0.220 e. The van der Waals surface area contributed by atoms with Gasteiger partial charge in [-0.3, -0.25) is 14.8 Å². The Morgan fingerprint density at radius 2 is 2.43 bits per heavy atom. The number of hydrogen-bond donors (Lipinski definition) is 2. The summed E-state index contributed by atoms with van der Waals surface area (Å²) in [5, 5.41) is 11.7. The van der Waals surface area contributed by atoms with Gasteiger partial charge in [-0.15, -0.1) is 0 Å². The molecule has 1 fully saturated rings. The zero-order valence-corrected chi connectivity index (χ0v) is 11.9. The number of aliphatic hydroxyl groups is 1. The Labute approximate surface area is 123 Å². The van der Waals surface area contributed by atoms with Crippen LogP contribution in [0.1, 0.15) is 18.5 Å². The van der Waals surface area contributed by atoms with Gasteiger partial charge in [-0.25, -0.2) is 0 Å². The Bertz CT molecular complexity index is 429. The quantitative estimate of drug-likeness (QED) is 0.717. The van der Waals surface area contributed by atoms with Gasteiger partial charge in [0.2, 0.25) is 5.91 Å². The fourth-order valence-corrected chi connectivity index (χ4v) is 2.24. The van der Waals surface area contributed by atoms with E-state index in [9.17, 15) is 4.79 Å². The first-order valence-corrected chi connectivity index (χ1v) is 7.14. The molecule has 2 N–H and O–H groups in total. The minimum Gasteiger partial charge on any atom is -0.394 e. The molecule has 0 spiro atoms. The Balaban J connectivity index is 1.77. The summed E-state index contributed by atoms with van der Waals surface area (Å²) in [5.74, 6) is -0.0613. The third-order valence-corrected chi connectivity index (χ3v) is 3.29. The van der Waals surface area contributed by atoms with Crippen LogP contribution in [0, 0.1) is 0 Å². The molecule has 7 heteroatoms. The molecule has 2 atom stereocenters. The van der Waals surface area contributed by atoms with Crippen LogP contribution >= 0.6 is 0 Å². The van der Waals surface area contributed by atoms with Crippen molar-refractivity contribution in [2.24, 2.45) is 0 Å². The van der Waals surface area contributed by atoms with Gasteiger partial charge in [-0.2, -0.15) is 0 Å². The van der Waals surface area contributed by atoms with Crippen LogP contribution in [0.2, 0.25) is 0 Å². The molecule has 1 aliphatic rings. The highest BCUT2D eigenvalue weighted by atomic mass is 16.5. The number of aliphatic hydroxyl groups excluding tert-OH is 1. The van der Waals surface area contributed by atoms with Crippen molar-refractivity contribution in [2.45, 2.75) is 31.4 Å². The fraction of sp³-hybridized carbons (Fsp3) is 0.643. The van der Waals surface area contributed by atoms with Crippen LogP contribution in [-0.4, -0.2) is 59.6 Å². The third-order valence-electron chi connectivity index (χ3n) is 3.29. The van der Waals surface area contributed by atoms with E-state index in [2.05, 4.69) is 15.3 Å². The predicted octanol–water partition coefficient (Wildman–Crippen LogP) is -0.308. The summed E-state index contributed by atoms with van der Waals surface area (Å²) in [4.78, 5) is 20.1. The summed E-state index contributed by atoms with van der Waals surface area (Å²) in [7, 11) is 0. The van der Waals surface area contributed by atoms with Crippen molar-refractivity contribution < 1.29 is 19.4 Å². The Kier molecular flexibility index (Phi) is 6.52. The van der Waals surface area contributed by atoms with Gasteiger partial charge in [0.25, 0.3) is 0 Å². The standard InChI is InChI=1S/C14H21N3O4/c18-6-8-21-13-3-7-20-10-12(13)17-14(19)2-1-11-9-15-4-5-16-11/h4-5,9,12-13,18H,1-3,6-8,10H2,(H,17,19)/t12-,13+/m0/s1. The van der Waals surface area contributed by atoms with E-state index in [1.807, 2.05) is 0 Å². The van der Waals surface area contributed by atoms with Crippen LogP contribution in [0.3, 0.4) is 0 Å². The monoisotopic (exact) mass is 295 g/mol. The second kappa shape index (κ2) is 8.66. The lowest BCUT2D eigenvalue weighted by molar-refractivity contribution is -0.126. The van der Waals surface area contributed by atoms with Gasteiger partial charge in [-0.05, 0) is 12.8 Å². The third kappa shape index (κ3) is 5.37. The first kappa shape index (κ1) is 15.8. The maximum absolute atomic E-state index is 12.0. The number of amides is 1. The molecule has 21 heavy (non-hydrogen) atoms. The summed E-state index contributed by atoms with van der Waals surface area (Å²) in [6, 6.07) is -0.167. The van der Waals surface area contributed by atoms with Crippen LogP contribution < -0.4 is 5.32 Å². The molecule has 0 bridgehead atoms. The summed E-state index contributed by atoms with van der Waals surface area (Å²) in [5.41, 5.74) is 0.792. The molecular weight excluding hydrogens is 274 g/mol. The number of carbonyl (C=O) groups excluding carboxylic acids is 1. The zero-order chi connectivity index (χ0) is 14.9. The first-order chi connectivity index (χ1) is 10.3. The van der Waals surface area contributed by atoms with Gasteiger partial charge in [0, 0.05) is 31.6 Å². The molecule has 1 aromatic rings. The van der Waals surface area contributed by atoms with Crippen molar-refractivity contribution in [3.63, 3.8) is 0 Å². The van der Waals surface area contributed by atoms with Crippen molar-refractivity contribution in [3.05, 3.63) is 24.3 Å². The largest absolute Gasteiger partial charge is 0.394 e. The average Bonchev–Trinajstić information content (AvgIpc) is 2.53. The molecule has 7 nitrogen and oxygen atoms in total. The van der Waals surface area contributed by atoms with Crippen LogP contribution in [-0.2, 0) is 20.7 Å². The van der Waals surface area contributed by atoms with E-state index in [1.165, 1.54) is 0 Å². The van der Waals surface area contributed by atoms with Crippen LogP contribution in [0.15, 0.2) is 18.6 Å². The average molecular weight is 295 g/mol. The van der Waals surface area contributed by atoms with Gasteiger partial charge in [0.1, 0.15) is 0 Å². The number of nitrogens with zero attached hydrogens (tertiary/aromatic N) is 2. The maximum atomic E-state index is 12.0. The van der Waals surface area contributed by atoms with Crippen molar-refractivity contribution in [1.82, 2.24) is 15.3 Å². The van der Waals surface area contributed by atoms with Crippen LogP contribution in [0.5, 0.6) is 0 Å². The fourth-order valence-electron chi connectivity index (χ4n) is 2.24. The predicted molar refractivity (Wildman–Crippen MR) is 74.5 cm³/mol. The molecule has 1 aromatic heterocycles. The SMILES string of the molecule is O=C(CCc1cnccn1)N[C@H]1COCC[C@H]1OCCO. The molecule has 0 aliphatic carbocycles. The van der Waals surface area contributed by atoms with Gasteiger partial charge >= 0.3 is 0 Å². The molecule has 0 radical (unpaired) electrons. The number of ether oxygens (including phenoxy) is 2. The highest BCUT2D eigenvalue weighted by Crippen LogP contribution is 2.12. The Morgan fingerprint density at radius 3 is 3.19 bits per heavy atom. The van der Waals surface area contributed by atoms with Crippen molar-refractivity contribution in [3.8, 4) is 0 Å². The second-order valence-corrected chi connectivity index (χ2v) is 4.87. The summed E-state index contributed by atoms with van der Waals surface area (Å²) in [6.07, 6.45) is 6.38. The summed E-state index contributed by atoms with van der Waals surface area (Å²) in [6.45, 7) is 1.30. The van der Waals surface area contributed by atoms with E-state index < -0.39 is 0 Å². The zero-order valence-electron chi connectivity index (χ0n) is 11.9. The number of aryl methyl sites for hydroxylation is 1. The lowest BCUT2D eigenvalue weighted by Gasteiger charge is -2.32. The topological polar surface area (TPSA) is 93.6 Å². The first-order valence-electron chi connectivity index (χ1n) is 7.14. The van der Waals surface area contributed by atoms with Crippen molar-refractivity contribution >= 4 is 5.91 Å². The molecule has 1 saturated heterocycles. The Hall–Kier alpha value is -1.57. The molecule has 2 heterocycles. The summed E-state index contributed by atoms with van der Waals surface area (Å²) >= 11 is 0. The number of nitrogens with one attached hydrogen (secondary N) is 1. The lowest BCUT2D eigenvalue weighted by Crippen LogP contribution is -2.50. The smallest absolute Gasteiger partial charge is 0.220 e. The van der Waals surface area contributed by atoms with E-state index in [1.54, 1.807) is 18.6 Å². The number of hydrogen-bond acceptors (Lipinski definition) is 6. The van der Waals surface area contributed by atoms with Crippen molar-refractivity contribution in [2.75, 3.05) is 26.4 Å². The highest BCUT2D eigenvalue weighted by Gasteiger charge is 2.27. The normalized spacial score (nSPS) is 22.0. The van der Waals surface area contributed by atoms with Gasteiger partial charge in [-0.1, -0.05) is 0 Å². The second-order valence-electron chi connectivity index (χ2n) is 4.87.